The van der Waals surface area contributed by atoms with Crippen LogP contribution in [0, 0.1) is 0 Å². The summed E-state index contributed by atoms with van der Waals surface area (Å²) in [4.78, 5) is 24.6. The number of amides is 1. The Kier molecular flexibility index (Phi) is 6.40. The van der Waals surface area contributed by atoms with Crippen LogP contribution < -0.4 is 14.8 Å². The van der Waals surface area contributed by atoms with Crippen molar-refractivity contribution in [3.63, 3.8) is 0 Å². The average molecular weight is 392 g/mol. The molecule has 0 fully saturated rings. The molecule has 2 aromatic carbocycles. The van der Waals surface area contributed by atoms with Crippen LogP contribution in [-0.4, -0.2) is 39.8 Å². The Labute approximate surface area is 157 Å². The third-order valence-corrected chi connectivity index (χ3v) is 4.02. The Hall–Kier alpha value is -3.07. The fourth-order valence-electron chi connectivity index (χ4n) is 2.17. The molecule has 9 heteroatoms. The van der Waals surface area contributed by atoms with Crippen LogP contribution in [0.5, 0.6) is 5.75 Å². The van der Waals surface area contributed by atoms with Crippen LogP contribution in [0.1, 0.15) is 17.3 Å². The van der Waals surface area contributed by atoms with Crippen LogP contribution >= 0.6 is 0 Å². The molecule has 144 valence electrons. The van der Waals surface area contributed by atoms with Crippen molar-refractivity contribution >= 4 is 33.3 Å². The van der Waals surface area contributed by atoms with Gasteiger partial charge >= 0.3 is 5.97 Å². The van der Waals surface area contributed by atoms with Gasteiger partial charge in [0.15, 0.2) is 6.10 Å². The van der Waals surface area contributed by atoms with E-state index in [2.05, 4.69) is 10.0 Å². The van der Waals surface area contributed by atoms with Gasteiger partial charge in [0.25, 0.3) is 5.91 Å². The number of hydrogen-bond acceptors (Lipinski definition) is 6. The summed E-state index contributed by atoms with van der Waals surface area (Å²) >= 11 is 0. The van der Waals surface area contributed by atoms with E-state index in [0.29, 0.717) is 11.4 Å². The van der Waals surface area contributed by atoms with Crippen LogP contribution in [0.25, 0.3) is 0 Å². The Morgan fingerprint density at radius 3 is 2.44 bits per heavy atom. The Morgan fingerprint density at radius 2 is 1.78 bits per heavy atom. The summed E-state index contributed by atoms with van der Waals surface area (Å²) in [5.74, 6) is -0.793. The second kappa shape index (κ2) is 8.54. The maximum atomic E-state index is 12.4. The van der Waals surface area contributed by atoms with Gasteiger partial charge in [-0.3, -0.25) is 9.52 Å². The molecule has 0 aliphatic rings. The van der Waals surface area contributed by atoms with Gasteiger partial charge in [0.2, 0.25) is 10.0 Å². The van der Waals surface area contributed by atoms with Crippen molar-refractivity contribution in [3.05, 3.63) is 54.1 Å². The van der Waals surface area contributed by atoms with E-state index in [1.807, 2.05) is 0 Å². The molecule has 27 heavy (non-hydrogen) atoms. The average Bonchev–Trinajstić information content (AvgIpc) is 2.60. The van der Waals surface area contributed by atoms with Crippen molar-refractivity contribution in [1.29, 1.82) is 0 Å². The van der Waals surface area contributed by atoms with Crippen molar-refractivity contribution in [3.8, 4) is 5.75 Å². The molecule has 0 saturated carbocycles. The number of para-hydroxylation sites is 1. The maximum Gasteiger partial charge on any atom is 0.341 e. The molecular weight excluding hydrogens is 372 g/mol. The molecule has 0 heterocycles. The normalized spacial score (nSPS) is 12.0. The highest BCUT2D eigenvalue weighted by atomic mass is 32.2. The van der Waals surface area contributed by atoms with E-state index < -0.39 is 28.0 Å². The molecule has 2 rings (SSSR count). The van der Waals surface area contributed by atoms with Gasteiger partial charge in [0, 0.05) is 11.8 Å². The lowest BCUT2D eigenvalue weighted by atomic mass is 10.2. The number of carbonyl (C=O) groups excluding carboxylic acids is 2. The van der Waals surface area contributed by atoms with Gasteiger partial charge in [0.1, 0.15) is 5.75 Å². The van der Waals surface area contributed by atoms with Crippen LogP contribution in [0.4, 0.5) is 11.4 Å². The second-order valence-corrected chi connectivity index (χ2v) is 7.44. The van der Waals surface area contributed by atoms with Crippen molar-refractivity contribution in [2.75, 3.05) is 23.4 Å². The van der Waals surface area contributed by atoms with Gasteiger partial charge in [-0.15, -0.1) is 0 Å². The molecule has 8 nitrogen and oxygen atoms in total. The summed E-state index contributed by atoms with van der Waals surface area (Å²) in [7, 11) is -2.07. The first kappa shape index (κ1) is 20.2. The zero-order chi connectivity index (χ0) is 20.0. The van der Waals surface area contributed by atoms with E-state index in [-0.39, 0.29) is 11.3 Å². The number of benzene rings is 2. The van der Waals surface area contributed by atoms with Gasteiger partial charge in [-0.25, -0.2) is 13.2 Å². The lowest BCUT2D eigenvalue weighted by molar-refractivity contribution is -0.123. The van der Waals surface area contributed by atoms with E-state index in [4.69, 9.17) is 9.47 Å². The van der Waals surface area contributed by atoms with Crippen LogP contribution in [0.2, 0.25) is 0 Å². The van der Waals surface area contributed by atoms with Crippen LogP contribution in [0.3, 0.4) is 0 Å². The molecule has 0 spiro atoms. The molecular formula is C18H20N2O6S. The van der Waals surface area contributed by atoms with Crippen molar-refractivity contribution in [2.45, 2.75) is 13.0 Å². The summed E-state index contributed by atoms with van der Waals surface area (Å²) in [5, 5.41) is 2.62. The Bertz CT molecular complexity index is 942. The molecule has 0 aliphatic heterocycles. The van der Waals surface area contributed by atoms with E-state index in [1.54, 1.807) is 36.4 Å². The monoisotopic (exact) mass is 392 g/mol. The fraction of sp³-hybridized carbons (Fsp3) is 0.222. The quantitative estimate of drug-likeness (QED) is 0.699. The van der Waals surface area contributed by atoms with Crippen LogP contribution in [0.15, 0.2) is 48.5 Å². The molecule has 0 saturated heterocycles. The first-order valence-electron chi connectivity index (χ1n) is 7.92. The third kappa shape index (κ3) is 6.00. The predicted molar refractivity (Wildman–Crippen MR) is 101 cm³/mol. The summed E-state index contributed by atoms with van der Waals surface area (Å²) in [5.41, 5.74) is 0.566. The molecule has 0 radical (unpaired) electrons. The number of methoxy groups -OCH3 is 1. The number of rotatable bonds is 7. The lowest BCUT2D eigenvalue weighted by Gasteiger charge is -2.15. The Balaban J connectivity index is 2.08. The Morgan fingerprint density at radius 1 is 1.07 bits per heavy atom. The highest BCUT2D eigenvalue weighted by Crippen LogP contribution is 2.19. The van der Waals surface area contributed by atoms with Gasteiger partial charge in [0.05, 0.1) is 24.6 Å². The van der Waals surface area contributed by atoms with E-state index in [1.165, 1.54) is 26.2 Å². The third-order valence-electron chi connectivity index (χ3n) is 3.43. The molecule has 2 N–H and O–H groups in total. The first-order chi connectivity index (χ1) is 12.7. The number of carbonyl (C=O) groups is 2. The van der Waals surface area contributed by atoms with Crippen molar-refractivity contribution < 1.29 is 27.5 Å². The summed E-state index contributed by atoms with van der Waals surface area (Å²) < 4.78 is 35.3. The zero-order valence-corrected chi connectivity index (χ0v) is 15.9. The van der Waals surface area contributed by atoms with E-state index in [0.717, 1.165) is 6.26 Å². The first-order valence-corrected chi connectivity index (χ1v) is 9.81. The predicted octanol–water partition coefficient (Wildman–Crippen LogP) is 2.25. The fourth-order valence-corrected chi connectivity index (χ4v) is 2.75. The SMILES string of the molecule is COc1cccc(NC(=O)[C@@H](C)OC(=O)c2ccccc2NS(C)(=O)=O)c1. The number of sulfonamides is 1. The minimum absolute atomic E-state index is 0.00366. The molecule has 1 atom stereocenters. The highest BCUT2D eigenvalue weighted by Gasteiger charge is 2.21. The summed E-state index contributed by atoms with van der Waals surface area (Å²) in [6.45, 7) is 1.42. The topological polar surface area (TPSA) is 111 Å². The standard InChI is InChI=1S/C18H20N2O6S/c1-12(17(21)19-13-7-6-8-14(11-13)25-2)26-18(22)15-9-4-5-10-16(15)20-27(3,23)24/h4-12,20H,1-3H3,(H,19,21)/t12-/m1/s1. The number of esters is 1. The van der Waals surface area contributed by atoms with Crippen molar-refractivity contribution in [1.82, 2.24) is 0 Å². The summed E-state index contributed by atoms with van der Waals surface area (Å²) in [6.07, 6.45) is -0.130. The molecule has 0 aromatic heterocycles. The van der Waals surface area contributed by atoms with Gasteiger partial charge in [-0.2, -0.15) is 0 Å². The van der Waals surface area contributed by atoms with Crippen molar-refractivity contribution in [2.24, 2.45) is 0 Å². The molecule has 0 unspecified atom stereocenters. The van der Waals surface area contributed by atoms with Gasteiger partial charge in [-0.05, 0) is 31.2 Å². The lowest BCUT2D eigenvalue weighted by Crippen LogP contribution is -2.30. The number of hydrogen-bond donors (Lipinski definition) is 2. The smallest absolute Gasteiger partial charge is 0.341 e. The van der Waals surface area contributed by atoms with E-state index >= 15 is 0 Å². The van der Waals surface area contributed by atoms with E-state index in [9.17, 15) is 18.0 Å². The second-order valence-electron chi connectivity index (χ2n) is 5.69. The molecule has 0 aliphatic carbocycles. The number of ether oxygens (including phenoxy) is 2. The minimum Gasteiger partial charge on any atom is -0.497 e. The number of anilines is 2. The van der Waals surface area contributed by atoms with Gasteiger partial charge in [-0.1, -0.05) is 18.2 Å². The van der Waals surface area contributed by atoms with Crippen LogP contribution in [-0.2, 0) is 19.6 Å². The molecule has 0 bridgehead atoms. The molecule has 2 aromatic rings. The minimum atomic E-state index is -3.57. The molecule has 1 amide bonds. The number of nitrogens with one attached hydrogen (secondary N) is 2. The maximum absolute atomic E-state index is 12.4. The highest BCUT2D eigenvalue weighted by molar-refractivity contribution is 7.92. The summed E-state index contributed by atoms with van der Waals surface area (Å²) in [6, 6.07) is 12.7. The largest absolute Gasteiger partial charge is 0.497 e. The van der Waals surface area contributed by atoms with Gasteiger partial charge < -0.3 is 14.8 Å². The zero-order valence-electron chi connectivity index (χ0n) is 15.1.